The second-order valence-electron chi connectivity index (χ2n) is 5.59. The van der Waals surface area contributed by atoms with Crippen molar-refractivity contribution in [2.75, 3.05) is 40.6 Å². The van der Waals surface area contributed by atoms with E-state index >= 15 is 0 Å². The van der Waals surface area contributed by atoms with Crippen LogP contribution in [0.5, 0.6) is 11.5 Å². The molecule has 1 aromatic heterocycles. The number of benzene rings is 2. The highest BCUT2D eigenvalue weighted by molar-refractivity contribution is 5.66. The first kappa shape index (κ1) is 18.9. The second kappa shape index (κ2) is 9.70. The summed E-state index contributed by atoms with van der Waals surface area (Å²) in [6, 6.07) is 15.0. The Morgan fingerprint density at radius 3 is 1.56 bits per heavy atom. The van der Waals surface area contributed by atoms with E-state index in [1.165, 1.54) is 0 Å². The fraction of sp³-hybridized carbons (Fsp3) is 0.300. The number of methoxy groups -OCH3 is 2. The molecule has 0 saturated heterocycles. The summed E-state index contributed by atoms with van der Waals surface area (Å²) in [5.41, 5.74) is 1.45. The second-order valence-corrected chi connectivity index (χ2v) is 5.59. The van der Waals surface area contributed by atoms with Crippen molar-refractivity contribution in [3.8, 4) is 34.4 Å². The van der Waals surface area contributed by atoms with Crippen LogP contribution in [0.25, 0.3) is 22.9 Å². The fourth-order valence-corrected chi connectivity index (χ4v) is 2.45. The number of hydrogen-bond acceptors (Lipinski definition) is 7. The standard InChI is InChI=1S/C20H22N2O5/c1-23-11-13-25-17-9-5-3-7-15(17)19-21-22-20(27-19)16-8-4-6-10-18(16)26-14-12-24-2/h3-10H,11-14H2,1-2H3. The van der Waals surface area contributed by atoms with Crippen molar-refractivity contribution in [1.29, 1.82) is 0 Å². The minimum atomic E-state index is 0.379. The molecule has 27 heavy (non-hydrogen) atoms. The maximum absolute atomic E-state index is 5.90. The third-order valence-electron chi connectivity index (χ3n) is 3.75. The van der Waals surface area contributed by atoms with E-state index in [1.807, 2.05) is 48.5 Å². The number of rotatable bonds is 10. The van der Waals surface area contributed by atoms with Crippen LogP contribution in [0.1, 0.15) is 0 Å². The van der Waals surface area contributed by atoms with Gasteiger partial charge < -0.3 is 23.4 Å². The topological polar surface area (TPSA) is 75.8 Å². The molecule has 0 N–H and O–H groups in total. The van der Waals surface area contributed by atoms with E-state index < -0.39 is 0 Å². The van der Waals surface area contributed by atoms with Gasteiger partial charge in [0.25, 0.3) is 11.8 Å². The van der Waals surface area contributed by atoms with Gasteiger partial charge in [-0.3, -0.25) is 0 Å². The first-order chi connectivity index (χ1) is 13.3. The van der Waals surface area contributed by atoms with E-state index in [4.69, 9.17) is 23.4 Å². The molecule has 0 unspecified atom stereocenters. The molecule has 3 aromatic rings. The minimum Gasteiger partial charge on any atom is -0.490 e. The normalized spacial score (nSPS) is 10.7. The first-order valence-electron chi connectivity index (χ1n) is 8.59. The summed E-state index contributed by atoms with van der Waals surface area (Å²) >= 11 is 0. The zero-order valence-corrected chi connectivity index (χ0v) is 15.4. The van der Waals surface area contributed by atoms with Gasteiger partial charge in [-0.1, -0.05) is 24.3 Å². The van der Waals surface area contributed by atoms with Crippen molar-refractivity contribution < 1.29 is 23.4 Å². The Bertz CT molecular complexity index is 782. The molecule has 0 saturated carbocycles. The Morgan fingerprint density at radius 1 is 0.667 bits per heavy atom. The highest BCUT2D eigenvalue weighted by Crippen LogP contribution is 2.34. The monoisotopic (exact) mass is 370 g/mol. The molecule has 0 amide bonds. The Balaban J connectivity index is 1.84. The van der Waals surface area contributed by atoms with E-state index in [1.54, 1.807) is 14.2 Å². The molecule has 2 aromatic carbocycles. The summed E-state index contributed by atoms with van der Waals surface area (Å²) in [6.45, 7) is 1.86. The molecule has 0 aliphatic heterocycles. The van der Waals surface area contributed by atoms with Gasteiger partial charge in [-0.25, -0.2) is 0 Å². The van der Waals surface area contributed by atoms with Crippen molar-refractivity contribution in [3.63, 3.8) is 0 Å². The number of para-hydroxylation sites is 2. The summed E-state index contributed by atoms with van der Waals surface area (Å²) in [6.07, 6.45) is 0. The van der Waals surface area contributed by atoms with Crippen molar-refractivity contribution in [2.45, 2.75) is 0 Å². The van der Waals surface area contributed by atoms with Gasteiger partial charge in [-0.15, -0.1) is 10.2 Å². The van der Waals surface area contributed by atoms with Crippen LogP contribution < -0.4 is 9.47 Å². The zero-order valence-electron chi connectivity index (χ0n) is 15.4. The molecule has 3 rings (SSSR count). The van der Waals surface area contributed by atoms with Gasteiger partial charge in [0.15, 0.2) is 0 Å². The summed E-state index contributed by atoms with van der Waals surface area (Å²) in [5, 5.41) is 8.36. The Hall–Kier alpha value is -2.90. The van der Waals surface area contributed by atoms with E-state index in [2.05, 4.69) is 10.2 Å². The SMILES string of the molecule is COCCOc1ccccc1-c1nnc(-c2ccccc2OCCOC)o1. The van der Waals surface area contributed by atoms with Crippen molar-refractivity contribution >= 4 is 0 Å². The molecule has 1 heterocycles. The average molecular weight is 370 g/mol. The Labute approximate surface area is 157 Å². The van der Waals surface area contributed by atoms with E-state index in [0.717, 1.165) is 11.1 Å². The van der Waals surface area contributed by atoms with E-state index in [0.29, 0.717) is 49.7 Å². The van der Waals surface area contributed by atoms with Crippen LogP contribution in [0.15, 0.2) is 52.9 Å². The van der Waals surface area contributed by atoms with Crippen LogP contribution in [-0.4, -0.2) is 50.8 Å². The molecule has 7 nitrogen and oxygen atoms in total. The van der Waals surface area contributed by atoms with Gasteiger partial charge in [0, 0.05) is 14.2 Å². The van der Waals surface area contributed by atoms with Crippen molar-refractivity contribution in [2.24, 2.45) is 0 Å². The van der Waals surface area contributed by atoms with Crippen molar-refractivity contribution in [3.05, 3.63) is 48.5 Å². The Kier molecular flexibility index (Phi) is 6.78. The summed E-state index contributed by atoms with van der Waals surface area (Å²) in [5.74, 6) is 2.08. The number of hydrogen-bond donors (Lipinski definition) is 0. The number of ether oxygens (including phenoxy) is 4. The van der Waals surface area contributed by atoms with Crippen LogP contribution >= 0.6 is 0 Å². The predicted octanol–water partition coefficient (Wildman–Crippen LogP) is 3.45. The molecule has 0 bridgehead atoms. The average Bonchev–Trinajstić information content (AvgIpc) is 3.19. The van der Waals surface area contributed by atoms with Gasteiger partial charge in [0.1, 0.15) is 24.7 Å². The lowest BCUT2D eigenvalue weighted by molar-refractivity contribution is 0.146. The van der Waals surface area contributed by atoms with Crippen LogP contribution in [0, 0.1) is 0 Å². The lowest BCUT2D eigenvalue weighted by atomic mass is 10.2. The van der Waals surface area contributed by atoms with Crippen LogP contribution in [0.2, 0.25) is 0 Å². The lowest BCUT2D eigenvalue weighted by Crippen LogP contribution is -2.05. The van der Waals surface area contributed by atoms with Crippen LogP contribution in [-0.2, 0) is 9.47 Å². The first-order valence-corrected chi connectivity index (χ1v) is 8.59. The molecule has 0 fully saturated rings. The molecular weight excluding hydrogens is 348 g/mol. The molecule has 142 valence electrons. The molecular formula is C20H22N2O5. The lowest BCUT2D eigenvalue weighted by Gasteiger charge is -2.09. The number of nitrogens with zero attached hydrogens (tertiary/aromatic N) is 2. The molecule has 0 aliphatic rings. The van der Waals surface area contributed by atoms with E-state index in [9.17, 15) is 0 Å². The van der Waals surface area contributed by atoms with Crippen molar-refractivity contribution in [1.82, 2.24) is 10.2 Å². The molecule has 0 aliphatic carbocycles. The zero-order chi connectivity index (χ0) is 18.9. The van der Waals surface area contributed by atoms with Crippen LogP contribution in [0.3, 0.4) is 0 Å². The van der Waals surface area contributed by atoms with Gasteiger partial charge in [0.05, 0.1) is 24.3 Å². The Morgan fingerprint density at radius 2 is 1.11 bits per heavy atom. The van der Waals surface area contributed by atoms with Crippen LogP contribution in [0.4, 0.5) is 0 Å². The molecule has 0 spiro atoms. The van der Waals surface area contributed by atoms with Gasteiger partial charge in [0.2, 0.25) is 0 Å². The summed E-state index contributed by atoms with van der Waals surface area (Å²) in [7, 11) is 3.26. The third kappa shape index (κ3) is 4.84. The molecule has 0 atom stereocenters. The highest BCUT2D eigenvalue weighted by atomic mass is 16.5. The summed E-state index contributed by atoms with van der Waals surface area (Å²) < 4.78 is 27.4. The van der Waals surface area contributed by atoms with E-state index in [-0.39, 0.29) is 0 Å². The molecule has 0 radical (unpaired) electrons. The minimum absolute atomic E-state index is 0.379. The maximum atomic E-state index is 5.90. The maximum Gasteiger partial charge on any atom is 0.251 e. The predicted molar refractivity (Wildman–Crippen MR) is 99.9 cm³/mol. The number of aromatic nitrogens is 2. The third-order valence-corrected chi connectivity index (χ3v) is 3.75. The quantitative estimate of drug-likeness (QED) is 0.506. The van der Waals surface area contributed by atoms with Gasteiger partial charge >= 0.3 is 0 Å². The van der Waals surface area contributed by atoms with Gasteiger partial charge in [-0.2, -0.15) is 0 Å². The largest absolute Gasteiger partial charge is 0.490 e. The fourth-order valence-electron chi connectivity index (χ4n) is 2.45. The highest BCUT2D eigenvalue weighted by Gasteiger charge is 2.17. The summed E-state index contributed by atoms with van der Waals surface area (Å²) in [4.78, 5) is 0. The van der Waals surface area contributed by atoms with Gasteiger partial charge in [-0.05, 0) is 24.3 Å². The smallest absolute Gasteiger partial charge is 0.251 e. The molecule has 7 heteroatoms.